The van der Waals surface area contributed by atoms with Crippen LogP contribution in [-0.2, 0) is 6.54 Å². The van der Waals surface area contributed by atoms with Gasteiger partial charge < -0.3 is 4.98 Å². The molecule has 4 rings (SSSR count). The van der Waals surface area contributed by atoms with E-state index in [1.54, 1.807) is 24.4 Å². The lowest BCUT2D eigenvalue weighted by molar-refractivity contribution is 0.102. The Bertz CT molecular complexity index is 1200. The fraction of sp³-hybridized carbons (Fsp3) is 0.217. The van der Waals surface area contributed by atoms with Gasteiger partial charge in [0, 0.05) is 17.0 Å². The predicted octanol–water partition coefficient (Wildman–Crippen LogP) is 3.64. The maximum Gasteiger partial charge on any atom is 0.267 e. The fourth-order valence-corrected chi connectivity index (χ4v) is 3.17. The third-order valence-corrected chi connectivity index (χ3v) is 4.87. The van der Waals surface area contributed by atoms with E-state index in [2.05, 4.69) is 46.4 Å². The molecule has 7 nitrogen and oxygen atoms in total. The number of fused-ring (bicyclic) bond motifs is 1. The van der Waals surface area contributed by atoms with E-state index in [0.717, 1.165) is 22.5 Å². The molecule has 0 saturated carbocycles. The standard InChI is InChI=1S/C23H23N5O2/c1-15-11-20(29)28(24-13-15)14-16-5-4-6-17(12-16)21(30)27-22-25-18-7-9-23(2,3)10-8-19(18)26-22/h4-13H,14H2,1-3H3,(H2,25,26,27,30). The minimum absolute atomic E-state index is 0.0420. The van der Waals surface area contributed by atoms with E-state index in [0.29, 0.717) is 18.1 Å². The van der Waals surface area contributed by atoms with Crippen molar-refractivity contribution < 1.29 is 4.79 Å². The number of nitrogens with zero attached hydrogens (tertiary/aromatic N) is 3. The molecule has 0 spiro atoms. The second kappa shape index (κ2) is 7.59. The molecule has 152 valence electrons. The predicted molar refractivity (Wildman–Crippen MR) is 117 cm³/mol. The highest BCUT2D eigenvalue weighted by atomic mass is 16.2. The fourth-order valence-electron chi connectivity index (χ4n) is 3.17. The molecule has 0 atom stereocenters. The SMILES string of the molecule is Cc1cnn(Cc2cccc(C(=O)Nc3nc4c([nH]3)C=CC(C)(C)C=C4)c2)c(=O)c1. The lowest BCUT2D eigenvalue weighted by Gasteiger charge is -2.12. The van der Waals surface area contributed by atoms with Crippen LogP contribution in [0.1, 0.15) is 46.7 Å². The van der Waals surface area contributed by atoms with Gasteiger partial charge in [-0.2, -0.15) is 5.10 Å². The average molecular weight is 401 g/mol. The third-order valence-electron chi connectivity index (χ3n) is 4.87. The summed E-state index contributed by atoms with van der Waals surface area (Å²) < 4.78 is 1.37. The smallest absolute Gasteiger partial charge is 0.267 e. The Morgan fingerprint density at radius 1 is 1.20 bits per heavy atom. The Morgan fingerprint density at radius 2 is 2.00 bits per heavy atom. The molecule has 2 aromatic heterocycles. The number of benzene rings is 1. The van der Waals surface area contributed by atoms with Gasteiger partial charge in [-0.25, -0.2) is 9.67 Å². The van der Waals surface area contributed by atoms with Crippen molar-refractivity contribution in [2.24, 2.45) is 5.41 Å². The molecule has 2 heterocycles. The molecule has 1 aliphatic carbocycles. The molecule has 1 aromatic carbocycles. The van der Waals surface area contributed by atoms with Crippen LogP contribution in [0.4, 0.5) is 5.95 Å². The summed E-state index contributed by atoms with van der Waals surface area (Å²) in [5.74, 6) is 0.110. The summed E-state index contributed by atoms with van der Waals surface area (Å²) in [6, 6.07) is 8.65. The number of aryl methyl sites for hydroxylation is 1. The first-order valence-corrected chi connectivity index (χ1v) is 9.72. The van der Waals surface area contributed by atoms with Crippen LogP contribution in [0.15, 0.2) is 53.5 Å². The number of carbonyl (C=O) groups is 1. The molecule has 1 amide bonds. The van der Waals surface area contributed by atoms with E-state index < -0.39 is 0 Å². The number of imidazole rings is 1. The van der Waals surface area contributed by atoms with Gasteiger partial charge in [0.05, 0.1) is 24.1 Å². The normalized spacial score (nSPS) is 14.2. The lowest BCUT2D eigenvalue weighted by atomic mass is 9.93. The first-order chi connectivity index (χ1) is 14.3. The molecule has 1 aliphatic rings. The summed E-state index contributed by atoms with van der Waals surface area (Å²) in [5, 5.41) is 6.96. The summed E-state index contributed by atoms with van der Waals surface area (Å²) in [5.41, 5.74) is 3.52. The topological polar surface area (TPSA) is 92.7 Å². The number of aromatic nitrogens is 4. The maximum absolute atomic E-state index is 12.7. The van der Waals surface area contributed by atoms with E-state index >= 15 is 0 Å². The molecule has 0 bridgehead atoms. The van der Waals surface area contributed by atoms with Gasteiger partial charge in [0.2, 0.25) is 5.95 Å². The van der Waals surface area contributed by atoms with Crippen molar-refractivity contribution in [2.75, 3.05) is 5.32 Å². The van der Waals surface area contributed by atoms with Crippen molar-refractivity contribution in [2.45, 2.75) is 27.3 Å². The van der Waals surface area contributed by atoms with E-state index in [4.69, 9.17) is 0 Å². The van der Waals surface area contributed by atoms with Crippen LogP contribution >= 0.6 is 0 Å². The monoisotopic (exact) mass is 401 g/mol. The van der Waals surface area contributed by atoms with Gasteiger partial charge in [-0.1, -0.05) is 38.1 Å². The van der Waals surface area contributed by atoms with Gasteiger partial charge in [-0.05, 0) is 42.3 Å². The molecule has 0 aliphatic heterocycles. The number of aromatic amines is 1. The van der Waals surface area contributed by atoms with Crippen molar-refractivity contribution >= 4 is 24.0 Å². The van der Waals surface area contributed by atoms with Crippen LogP contribution in [0.5, 0.6) is 0 Å². The van der Waals surface area contributed by atoms with E-state index in [-0.39, 0.29) is 16.9 Å². The average Bonchev–Trinajstić information content (AvgIpc) is 3.03. The van der Waals surface area contributed by atoms with Crippen LogP contribution in [0.2, 0.25) is 0 Å². The van der Waals surface area contributed by atoms with Crippen LogP contribution in [-0.4, -0.2) is 25.7 Å². The molecule has 0 radical (unpaired) electrons. The van der Waals surface area contributed by atoms with Crippen molar-refractivity contribution in [3.63, 3.8) is 0 Å². The molecule has 0 fully saturated rings. The summed E-state index contributed by atoms with van der Waals surface area (Å²) in [6.07, 6.45) is 9.73. The zero-order valence-corrected chi connectivity index (χ0v) is 17.1. The highest BCUT2D eigenvalue weighted by Gasteiger charge is 2.16. The van der Waals surface area contributed by atoms with Gasteiger partial charge >= 0.3 is 0 Å². The molecular formula is C23H23N5O2. The number of carbonyl (C=O) groups excluding carboxylic acids is 1. The highest BCUT2D eigenvalue weighted by molar-refractivity contribution is 6.03. The zero-order chi connectivity index (χ0) is 21.3. The molecule has 2 N–H and O–H groups in total. The van der Waals surface area contributed by atoms with Crippen LogP contribution in [0.3, 0.4) is 0 Å². The third kappa shape index (κ3) is 4.30. The van der Waals surface area contributed by atoms with E-state index in [9.17, 15) is 9.59 Å². The Balaban J connectivity index is 1.51. The van der Waals surface area contributed by atoms with Crippen molar-refractivity contribution in [3.8, 4) is 0 Å². The first-order valence-electron chi connectivity index (χ1n) is 9.72. The van der Waals surface area contributed by atoms with Gasteiger partial charge in [0.25, 0.3) is 11.5 Å². The first kappa shape index (κ1) is 19.6. The van der Waals surface area contributed by atoms with E-state index in [1.165, 1.54) is 10.7 Å². The van der Waals surface area contributed by atoms with Crippen LogP contribution in [0.25, 0.3) is 12.2 Å². The quantitative estimate of drug-likeness (QED) is 0.698. The second-order valence-electron chi connectivity index (χ2n) is 8.06. The largest absolute Gasteiger partial charge is 0.324 e. The van der Waals surface area contributed by atoms with Crippen LogP contribution < -0.4 is 10.9 Å². The summed E-state index contributed by atoms with van der Waals surface area (Å²) >= 11 is 0. The Labute approximate surface area is 174 Å². The van der Waals surface area contributed by atoms with Crippen molar-refractivity contribution in [3.05, 3.63) is 87.1 Å². The number of hydrogen-bond donors (Lipinski definition) is 2. The van der Waals surface area contributed by atoms with Gasteiger partial charge in [-0.15, -0.1) is 0 Å². The van der Waals surface area contributed by atoms with Crippen LogP contribution in [0, 0.1) is 12.3 Å². The Hall–Kier alpha value is -3.74. The lowest BCUT2D eigenvalue weighted by Crippen LogP contribution is -2.23. The van der Waals surface area contributed by atoms with E-state index in [1.807, 2.05) is 25.1 Å². The second-order valence-corrected chi connectivity index (χ2v) is 8.06. The summed E-state index contributed by atoms with van der Waals surface area (Å²) in [4.78, 5) is 32.4. The number of nitrogens with one attached hydrogen (secondary N) is 2. The number of hydrogen-bond acceptors (Lipinski definition) is 4. The minimum Gasteiger partial charge on any atom is -0.324 e. The molecular weight excluding hydrogens is 378 g/mol. The van der Waals surface area contributed by atoms with Gasteiger partial charge in [0.15, 0.2) is 0 Å². The van der Waals surface area contributed by atoms with Crippen molar-refractivity contribution in [1.82, 2.24) is 19.7 Å². The number of H-pyrrole nitrogens is 1. The molecule has 30 heavy (non-hydrogen) atoms. The molecule has 0 unspecified atom stereocenters. The Kier molecular flexibility index (Phi) is 4.95. The maximum atomic E-state index is 12.7. The number of amides is 1. The summed E-state index contributed by atoms with van der Waals surface area (Å²) in [6.45, 7) is 6.34. The Morgan fingerprint density at radius 3 is 2.80 bits per heavy atom. The number of allylic oxidation sites excluding steroid dienone is 2. The molecule has 3 aromatic rings. The number of anilines is 1. The molecule has 0 saturated heterocycles. The summed E-state index contributed by atoms with van der Waals surface area (Å²) in [7, 11) is 0. The molecule has 7 heteroatoms. The highest BCUT2D eigenvalue weighted by Crippen LogP contribution is 2.27. The van der Waals surface area contributed by atoms with Gasteiger partial charge in [0.1, 0.15) is 0 Å². The van der Waals surface area contributed by atoms with Gasteiger partial charge in [-0.3, -0.25) is 14.9 Å². The number of rotatable bonds is 4. The van der Waals surface area contributed by atoms with Crippen molar-refractivity contribution in [1.29, 1.82) is 0 Å². The minimum atomic E-state index is -0.279. The zero-order valence-electron chi connectivity index (χ0n) is 17.1.